The zero-order valence-corrected chi connectivity index (χ0v) is 16.3. The highest BCUT2D eigenvalue weighted by molar-refractivity contribution is 7.19. The van der Waals surface area contributed by atoms with Crippen LogP contribution >= 0.6 is 23.7 Å². The highest BCUT2D eigenvalue weighted by Crippen LogP contribution is 2.40. The first-order valence-electron chi connectivity index (χ1n) is 8.41. The van der Waals surface area contributed by atoms with Crippen LogP contribution in [-0.4, -0.2) is 9.97 Å². The Bertz CT molecular complexity index is 1010. The summed E-state index contributed by atoms with van der Waals surface area (Å²) in [6.07, 6.45) is 2.68. The molecular weight excluding hydrogens is 362 g/mol. The Labute approximate surface area is 163 Å². The van der Waals surface area contributed by atoms with Crippen LogP contribution in [0, 0.1) is 6.92 Å². The van der Waals surface area contributed by atoms with Gasteiger partial charge in [0.15, 0.2) is 0 Å². The van der Waals surface area contributed by atoms with Crippen molar-refractivity contribution in [2.45, 2.75) is 20.3 Å². The van der Waals surface area contributed by atoms with E-state index in [1.54, 1.807) is 17.7 Å². The Morgan fingerprint density at radius 2 is 1.69 bits per heavy atom. The molecule has 0 unspecified atom stereocenters. The van der Waals surface area contributed by atoms with E-state index < -0.39 is 0 Å². The molecule has 3 nitrogen and oxygen atoms in total. The highest BCUT2D eigenvalue weighted by Gasteiger charge is 2.16. The van der Waals surface area contributed by atoms with Crippen LogP contribution in [0.1, 0.15) is 17.4 Å². The zero-order valence-electron chi connectivity index (χ0n) is 14.7. The summed E-state index contributed by atoms with van der Waals surface area (Å²) in [4.78, 5) is 11.3. The summed E-state index contributed by atoms with van der Waals surface area (Å²) in [5.41, 5.74) is 4.79. The van der Waals surface area contributed by atoms with Gasteiger partial charge in [-0.3, -0.25) is 0 Å². The molecule has 2 heterocycles. The first-order valence-corrected chi connectivity index (χ1v) is 9.23. The Kier molecular flexibility index (Phi) is 5.55. The third-order valence-electron chi connectivity index (χ3n) is 4.35. The van der Waals surface area contributed by atoms with Crippen molar-refractivity contribution in [1.82, 2.24) is 9.97 Å². The Hall–Kier alpha value is -2.43. The number of nitrogens with zero attached hydrogens (tertiary/aromatic N) is 2. The van der Waals surface area contributed by atoms with Crippen LogP contribution in [0.25, 0.3) is 21.3 Å². The predicted molar refractivity (Wildman–Crippen MR) is 114 cm³/mol. The summed E-state index contributed by atoms with van der Waals surface area (Å²) in [5.74, 6) is 0.859. The highest BCUT2D eigenvalue weighted by atomic mass is 35.5. The summed E-state index contributed by atoms with van der Waals surface area (Å²) >= 11 is 1.71. The molecule has 0 aliphatic carbocycles. The van der Waals surface area contributed by atoms with Crippen molar-refractivity contribution >= 4 is 45.5 Å². The molecule has 0 aliphatic rings. The minimum Gasteiger partial charge on any atom is -0.340 e. The van der Waals surface area contributed by atoms with Crippen LogP contribution < -0.4 is 5.32 Å². The number of nitrogens with one attached hydrogen (secondary N) is 1. The molecule has 0 amide bonds. The van der Waals surface area contributed by atoms with Crippen molar-refractivity contribution in [1.29, 1.82) is 0 Å². The first kappa shape index (κ1) is 18.4. The molecule has 0 spiro atoms. The van der Waals surface area contributed by atoms with E-state index >= 15 is 0 Å². The minimum absolute atomic E-state index is 0. The number of hydrogen-bond acceptors (Lipinski definition) is 4. The fourth-order valence-corrected chi connectivity index (χ4v) is 4.06. The lowest BCUT2D eigenvalue weighted by molar-refractivity contribution is 1.14. The molecule has 0 saturated carbocycles. The number of aromatic nitrogens is 2. The number of rotatable bonds is 4. The van der Waals surface area contributed by atoms with Gasteiger partial charge >= 0.3 is 0 Å². The molecule has 0 bridgehead atoms. The van der Waals surface area contributed by atoms with Crippen molar-refractivity contribution in [3.63, 3.8) is 0 Å². The van der Waals surface area contributed by atoms with Crippen molar-refractivity contribution in [2.75, 3.05) is 5.32 Å². The maximum Gasteiger partial charge on any atom is 0.143 e. The maximum atomic E-state index is 4.53. The number of anilines is 2. The lowest BCUT2D eigenvalue weighted by Gasteiger charge is -2.09. The minimum atomic E-state index is 0. The normalized spacial score (nSPS) is 10.5. The van der Waals surface area contributed by atoms with Crippen LogP contribution in [0.3, 0.4) is 0 Å². The number of thiophene rings is 1. The van der Waals surface area contributed by atoms with Crippen LogP contribution in [0.4, 0.5) is 11.5 Å². The number of fused-ring (bicyclic) bond motifs is 1. The van der Waals surface area contributed by atoms with E-state index in [1.165, 1.54) is 21.6 Å². The lowest BCUT2D eigenvalue weighted by atomic mass is 10.0. The molecule has 4 aromatic rings. The summed E-state index contributed by atoms with van der Waals surface area (Å²) < 4.78 is 0. The average molecular weight is 382 g/mol. The van der Waals surface area contributed by atoms with Crippen LogP contribution in [0.15, 0.2) is 60.9 Å². The van der Waals surface area contributed by atoms with E-state index in [-0.39, 0.29) is 12.4 Å². The standard InChI is InChI=1S/C21H19N3S.ClH/c1-3-15-9-11-17(12-10-15)24-20-19-18(16-7-5-4-6-8-16)14(2)25-21(19)23-13-22-20;/h4-13H,3H2,1-2H3,(H,22,23,24);1H. The molecule has 0 fully saturated rings. The molecule has 132 valence electrons. The topological polar surface area (TPSA) is 37.8 Å². The lowest BCUT2D eigenvalue weighted by Crippen LogP contribution is -1.96. The van der Waals surface area contributed by atoms with Crippen molar-refractivity contribution < 1.29 is 0 Å². The number of aryl methyl sites for hydroxylation is 2. The fourth-order valence-electron chi connectivity index (χ4n) is 3.05. The van der Waals surface area contributed by atoms with Gasteiger partial charge in [-0.15, -0.1) is 23.7 Å². The van der Waals surface area contributed by atoms with E-state index in [0.717, 1.165) is 28.1 Å². The number of benzene rings is 2. The molecule has 0 aliphatic heterocycles. The van der Waals surface area contributed by atoms with Crippen LogP contribution in [-0.2, 0) is 6.42 Å². The molecule has 4 rings (SSSR count). The molecule has 2 aromatic carbocycles. The largest absolute Gasteiger partial charge is 0.340 e. The van der Waals surface area contributed by atoms with Gasteiger partial charge in [-0.1, -0.05) is 49.4 Å². The zero-order chi connectivity index (χ0) is 17.2. The predicted octanol–water partition coefficient (Wildman–Crippen LogP) is 6.39. The van der Waals surface area contributed by atoms with E-state index in [9.17, 15) is 0 Å². The van der Waals surface area contributed by atoms with Crippen molar-refractivity contribution in [2.24, 2.45) is 0 Å². The van der Waals surface area contributed by atoms with Gasteiger partial charge in [-0.05, 0) is 36.6 Å². The van der Waals surface area contributed by atoms with Gasteiger partial charge in [0.1, 0.15) is 17.0 Å². The summed E-state index contributed by atoms with van der Waals surface area (Å²) in [5, 5.41) is 4.57. The smallest absolute Gasteiger partial charge is 0.143 e. The van der Waals surface area contributed by atoms with Gasteiger partial charge in [0.05, 0.1) is 5.39 Å². The second-order valence-corrected chi connectivity index (χ2v) is 7.18. The van der Waals surface area contributed by atoms with Gasteiger partial charge in [0, 0.05) is 16.1 Å². The third-order valence-corrected chi connectivity index (χ3v) is 5.36. The number of halogens is 1. The van der Waals surface area contributed by atoms with Gasteiger partial charge in [-0.2, -0.15) is 0 Å². The van der Waals surface area contributed by atoms with Crippen LogP contribution in [0.2, 0.25) is 0 Å². The monoisotopic (exact) mass is 381 g/mol. The van der Waals surface area contributed by atoms with Gasteiger partial charge in [-0.25, -0.2) is 9.97 Å². The van der Waals surface area contributed by atoms with E-state index in [4.69, 9.17) is 0 Å². The molecular formula is C21H20ClN3S. The second-order valence-electron chi connectivity index (χ2n) is 5.98. The summed E-state index contributed by atoms with van der Waals surface area (Å²) in [6.45, 7) is 4.31. The van der Waals surface area contributed by atoms with Crippen molar-refractivity contribution in [3.05, 3.63) is 71.4 Å². The fraction of sp³-hybridized carbons (Fsp3) is 0.143. The maximum absolute atomic E-state index is 4.53. The number of hydrogen-bond donors (Lipinski definition) is 1. The van der Waals surface area contributed by atoms with Gasteiger partial charge in [0.25, 0.3) is 0 Å². The molecule has 5 heteroatoms. The quantitative estimate of drug-likeness (QED) is 0.444. The molecule has 0 saturated heterocycles. The van der Waals surface area contributed by atoms with E-state index in [1.807, 2.05) is 6.07 Å². The molecule has 1 N–H and O–H groups in total. The van der Waals surface area contributed by atoms with E-state index in [2.05, 4.69) is 77.7 Å². The Morgan fingerprint density at radius 1 is 0.962 bits per heavy atom. The summed E-state index contributed by atoms with van der Waals surface area (Å²) in [7, 11) is 0. The van der Waals surface area contributed by atoms with Gasteiger partial charge in [0.2, 0.25) is 0 Å². The Balaban J connectivity index is 0.00000196. The molecule has 26 heavy (non-hydrogen) atoms. The third kappa shape index (κ3) is 3.43. The molecule has 2 aromatic heterocycles. The van der Waals surface area contributed by atoms with Crippen molar-refractivity contribution in [3.8, 4) is 11.1 Å². The molecule has 0 radical (unpaired) electrons. The first-order chi connectivity index (χ1) is 12.3. The second kappa shape index (κ2) is 7.85. The molecule has 0 atom stereocenters. The SMILES string of the molecule is CCc1ccc(Nc2ncnc3sc(C)c(-c4ccccc4)c23)cc1.Cl. The van der Waals surface area contributed by atoms with Gasteiger partial charge < -0.3 is 5.32 Å². The summed E-state index contributed by atoms with van der Waals surface area (Å²) in [6, 6.07) is 19.0. The average Bonchev–Trinajstić information content (AvgIpc) is 3.00. The van der Waals surface area contributed by atoms with Crippen LogP contribution in [0.5, 0.6) is 0 Å². The Morgan fingerprint density at radius 3 is 2.38 bits per heavy atom. The van der Waals surface area contributed by atoms with E-state index in [0.29, 0.717) is 0 Å².